The van der Waals surface area contributed by atoms with Gasteiger partial charge in [0.2, 0.25) is 0 Å². The van der Waals surface area contributed by atoms with Crippen LogP contribution in [0.4, 0.5) is 0 Å². The highest BCUT2D eigenvalue weighted by Gasteiger charge is 2.38. The molecule has 0 N–H and O–H groups in total. The molecule has 0 amide bonds. The SMILES string of the molecule is COC(=O)CCC[C@@H](C#C/C=C/C=C/C=O)O[Si](C)(C)C(C)(C)C. The van der Waals surface area contributed by atoms with Gasteiger partial charge in [0.15, 0.2) is 8.32 Å². The number of methoxy groups -OCH3 is 1. The molecule has 0 aromatic carbocycles. The minimum Gasteiger partial charge on any atom is -0.469 e. The Kier molecular flexibility index (Phi) is 10.3. The largest absolute Gasteiger partial charge is 0.469 e. The topological polar surface area (TPSA) is 52.6 Å². The lowest BCUT2D eigenvalue weighted by molar-refractivity contribution is -0.140. The van der Waals surface area contributed by atoms with Crippen molar-refractivity contribution in [2.24, 2.45) is 0 Å². The summed E-state index contributed by atoms with van der Waals surface area (Å²) < 4.78 is 11.0. The standard InChI is InChI=1S/C19H30O4Si/c1-19(2,3)24(5,6)23-17(14-12-15-18(21)22-4)13-10-8-7-9-11-16-20/h7-9,11,16-17H,12,14-15H2,1-6H3/b8-7+,11-9+/t17-/m1/s1. The van der Waals surface area contributed by atoms with Crippen LogP contribution in [0.5, 0.6) is 0 Å². The second kappa shape index (κ2) is 11.0. The number of allylic oxidation sites excluding steroid dienone is 4. The average molecular weight is 351 g/mol. The molecule has 0 aromatic heterocycles. The van der Waals surface area contributed by atoms with Crippen LogP contribution in [0.2, 0.25) is 18.1 Å². The summed E-state index contributed by atoms with van der Waals surface area (Å²) in [5, 5.41) is 0.0951. The zero-order chi connectivity index (χ0) is 18.6. The summed E-state index contributed by atoms with van der Waals surface area (Å²) in [6.45, 7) is 10.9. The molecule has 134 valence electrons. The van der Waals surface area contributed by atoms with Crippen LogP contribution in [0.3, 0.4) is 0 Å². The Morgan fingerprint density at radius 3 is 2.42 bits per heavy atom. The lowest BCUT2D eigenvalue weighted by Gasteiger charge is -2.38. The molecule has 0 unspecified atom stereocenters. The molecule has 0 aliphatic rings. The van der Waals surface area contributed by atoms with E-state index in [1.54, 1.807) is 18.2 Å². The van der Waals surface area contributed by atoms with Gasteiger partial charge in [0, 0.05) is 6.42 Å². The summed E-state index contributed by atoms with van der Waals surface area (Å²) >= 11 is 0. The quantitative estimate of drug-likeness (QED) is 0.166. The Morgan fingerprint density at radius 2 is 1.88 bits per heavy atom. The fourth-order valence-electron chi connectivity index (χ4n) is 1.58. The van der Waals surface area contributed by atoms with Gasteiger partial charge in [-0.1, -0.05) is 44.8 Å². The molecule has 0 heterocycles. The lowest BCUT2D eigenvalue weighted by atomic mass is 10.1. The third-order valence-electron chi connectivity index (χ3n) is 4.04. The molecule has 24 heavy (non-hydrogen) atoms. The van der Waals surface area contributed by atoms with E-state index in [-0.39, 0.29) is 17.1 Å². The lowest BCUT2D eigenvalue weighted by Crippen LogP contribution is -2.43. The van der Waals surface area contributed by atoms with Gasteiger partial charge in [-0.05, 0) is 43.1 Å². The van der Waals surface area contributed by atoms with Crippen molar-refractivity contribution >= 4 is 20.6 Å². The molecular formula is C19H30O4Si. The van der Waals surface area contributed by atoms with Gasteiger partial charge in [-0.2, -0.15) is 0 Å². The third kappa shape index (κ3) is 9.49. The first kappa shape index (κ1) is 22.4. The van der Waals surface area contributed by atoms with Crippen molar-refractivity contribution in [3.8, 4) is 11.8 Å². The van der Waals surface area contributed by atoms with Gasteiger partial charge in [-0.25, -0.2) is 0 Å². The zero-order valence-electron chi connectivity index (χ0n) is 15.7. The Hall–Kier alpha value is -1.64. The normalized spacial score (nSPS) is 13.6. The third-order valence-corrected chi connectivity index (χ3v) is 8.53. The van der Waals surface area contributed by atoms with Gasteiger partial charge in [0.05, 0.1) is 7.11 Å². The van der Waals surface area contributed by atoms with E-state index in [1.165, 1.54) is 13.2 Å². The van der Waals surface area contributed by atoms with E-state index in [2.05, 4.69) is 50.4 Å². The van der Waals surface area contributed by atoms with Crippen LogP contribution in [0, 0.1) is 11.8 Å². The number of carbonyl (C=O) groups excluding carboxylic acids is 2. The van der Waals surface area contributed by atoms with Crippen LogP contribution in [0.25, 0.3) is 0 Å². The number of rotatable bonds is 8. The van der Waals surface area contributed by atoms with Crippen molar-refractivity contribution in [3.63, 3.8) is 0 Å². The van der Waals surface area contributed by atoms with E-state index in [4.69, 9.17) is 4.43 Å². The molecule has 0 aliphatic carbocycles. The van der Waals surface area contributed by atoms with E-state index < -0.39 is 8.32 Å². The highest BCUT2D eigenvalue weighted by atomic mass is 28.4. The molecule has 0 radical (unpaired) electrons. The second-order valence-electron chi connectivity index (χ2n) is 7.00. The van der Waals surface area contributed by atoms with Crippen LogP contribution in [0.15, 0.2) is 24.3 Å². The molecule has 0 aliphatic heterocycles. The minimum absolute atomic E-state index is 0.0951. The van der Waals surface area contributed by atoms with Gasteiger partial charge >= 0.3 is 5.97 Å². The van der Waals surface area contributed by atoms with E-state index in [0.29, 0.717) is 25.5 Å². The summed E-state index contributed by atoms with van der Waals surface area (Å²) in [6, 6.07) is 0. The summed E-state index contributed by atoms with van der Waals surface area (Å²) in [6.07, 6.45) is 8.65. The summed E-state index contributed by atoms with van der Waals surface area (Å²) in [7, 11) is -0.545. The molecule has 0 rings (SSSR count). The smallest absolute Gasteiger partial charge is 0.305 e. The van der Waals surface area contributed by atoms with Gasteiger partial charge in [-0.15, -0.1) is 0 Å². The summed E-state index contributed by atoms with van der Waals surface area (Å²) in [4.78, 5) is 21.4. The number of esters is 1. The fourth-order valence-corrected chi connectivity index (χ4v) is 2.82. The maximum absolute atomic E-state index is 11.3. The first-order valence-corrected chi connectivity index (χ1v) is 11.1. The molecule has 0 aromatic rings. The predicted molar refractivity (Wildman–Crippen MR) is 100 cm³/mol. The Labute approximate surface area is 147 Å². The molecule has 4 nitrogen and oxygen atoms in total. The first-order valence-electron chi connectivity index (χ1n) is 8.16. The van der Waals surface area contributed by atoms with Gasteiger partial charge in [0.1, 0.15) is 12.4 Å². The predicted octanol–water partition coefficient (Wildman–Crippen LogP) is 4.03. The maximum atomic E-state index is 11.3. The molecule has 0 bridgehead atoms. The van der Waals surface area contributed by atoms with Crippen LogP contribution < -0.4 is 0 Å². The minimum atomic E-state index is -1.94. The number of hydrogen-bond donors (Lipinski definition) is 0. The Balaban J connectivity index is 4.92. The number of hydrogen-bond acceptors (Lipinski definition) is 4. The number of ether oxygens (including phenoxy) is 1. The van der Waals surface area contributed by atoms with Crippen molar-refractivity contribution in [1.82, 2.24) is 0 Å². The number of carbonyl (C=O) groups is 2. The maximum Gasteiger partial charge on any atom is 0.305 e. The van der Waals surface area contributed by atoms with Gasteiger partial charge < -0.3 is 9.16 Å². The van der Waals surface area contributed by atoms with Crippen molar-refractivity contribution in [1.29, 1.82) is 0 Å². The van der Waals surface area contributed by atoms with Gasteiger partial charge in [-0.3, -0.25) is 9.59 Å². The molecule has 0 spiro atoms. The van der Waals surface area contributed by atoms with E-state index in [1.807, 2.05) is 0 Å². The van der Waals surface area contributed by atoms with E-state index >= 15 is 0 Å². The zero-order valence-corrected chi connectivity index (χ0v) is 16.7. The molecular weight excluding hydrogens is 320 g/mol. The fraction of sp³-hybridized carbons (Fsp3) is 0.579. The van der Waals surface area contributed by atoms with Crippen LogP contribution in [0.1, 0.15) is 40.0 Å². The van der Waals surface area contributed by atoms with Crippen molar-refractivity contribution < 1.29 is 18.8 Å². The molecule has 1 atom stereocenters. The van der Waals surface area contributed by atoms with Gasteiger partial charge in [0.25, 0.3) is 0 Å². The number of aldehydes is 1. The van der Waals surface area contributed by atoms with Crippen LogP contribution in [-0.4, -0.2) is 33.8 Å². The monoisotopic (exact) mass is 350 g/mol. The summed E-state index contributed by atoms with van der Waals surface area (Å²) in [5.41, 5.74) is 0. The first-order chi connectivity index (χ1) is 11.1. The van der Waals surface area contributed by atoms with Crippen LogP contribution >= 0.6 is 0 Å². The van der Waals surface area contributed by atoms with E-state index in [9.17, 15) is 9.59 Å². The average Bonchev–Trinajstić information content (AvgIpc) is 2.48. The Bertz CT molecular complexity index is 516. The molecule has 5 heteroatoms. The molecule has 0 saturated heterocycles. The highest BCUT2D eigenvalue weighted by Crippen LogP contribution is 2.37. The molecule has 0 saturated carbocycles. The summed E-state index contributed by atoms with van der Waals surface area (Å²) in [5.74, 6) is 5.86. The van der Waals surface area contributed by atoms with E-state index in [0.717, 1.165) is 0 Å². The Morgan fingerprint density at radius 1 is 1.21 bits per heavy atom. The highest BCUT2D eigenvalue weighted by molar-refractivity contribution is 6.74. The van der Waals surface area contributed by atoms with Crippen molar-refractivity contribution in [3.05, 3.63) is 24.3 Å². The van der Waals surface area contributed by atoms with Crippen molar-refractivity contribution in [2.75, 3.05) is 7.11 Å². The van der Waals surface area contributed by atoms with Crippen molar-refractivity contribution in [2.45, 2.75) is 64.3 Å². The second-order valence-corrected chi connectivity index (χ2v) is 11.8. The molecule has 0 fully saturated rings. The van der Waals surface area contributed by atoms with Crippen LogP contribution in [-0.2, 0) is 18.8 Å².